The minimum Gasteiger partial charge on any atom is -0.329 e. The number of nitrogen functional groups attached to an aromatic ring is 1. The van der Waals surface area contributed by atoms with Crippen LogP contribution in [0.1, 0.15) is 31.3 Å². The third kappa shape index (κ3) is 2.62. The zero-order valence-electron chi connectivity index (χ0n) is 10.1. The molecule has 3 N–H and O–H groups in total. The maximum absolute atomic E-state index is 5.37. The number of nitrogens with zero attached hydrogens (tertiary/aromatic N) is 3. The largest absolute Gasteiger partial charge is 0.329 e. The van der Waals surface area contributed by atoms with E-state index in [1.807, 2.05) is 24.5 Å². The molecule has 90 valence electrons. The van der Waals surface area contributed by atoms with Gasteiger partial charge in [0.1, 0.15) is 5.82 Å². The predicted octanol–water partition coefficient (Wildman–Crippen LogP) is 1.74. The maximum atomic E-state index is 5.37. The number of rotatable bonds is 4. The van der Waals surface area contributed by atoms with Crippen molar-refractivity contribution < 1.29 is 0 Å². The van der Waals surface area contributed by atoms with Gasteiger partial charge in [0.15, 0.2) is 0 Å². The Kier molecular flexibility index (Phi) is 3.39. The van der Waals surface area contributed by atoms with Crippen molar-refractivity contribution in [2.24, 2.45) is 5.84 Å². The van der Waals surface area contributed by atoms with Crippen LogP contribution in [0.4, 0.5) is 5.69 Å². The second-order valence-corrected chi connectivity index (χ2v) is 4.25. The monoisotopic (exact) mass is 231 g/mol. The fraction of sp³-hybridized carbons (Fsp3) is 0.333. The fourth-order valence-electron chi connectivity index (χ4n) is 1.78. The number of nitrogens with one attached hydrogen (secondary N) is 1. The van der Waals surface area contributed by atoms with Gasteiger partial charge >= 0.3 is 0 Å². The van der Waals surface area contributed by atoms with Crippen LogP contribution in [0.2, 0.25) is 0 Å². The Balaban J connectivity index is 2.22. The predicted molar refractivity (Wildman–Crippen MR) is 67.5 cm³/mol. The molecule has 5 nitrogen and oxygen atoms in total. The van der Waals surface area contributed by atoms with E-state index in [0.717, 1.165) is 17.2 Å². The number of pyridine rings is 1. The summed E-state index contributed by atoms with van der Waals surface area (Å²) in [4.78, 5) is 8.67. The Labute approximate surface area is 101 Å². The normalized spacial score (nSPS) is 10.8. The highest BCUT2D eigenvalue weighted by Crippen LogP contribution is 2.14. The van der Waals surface area contributed by atoms with Crippen LogP contribution in [0.3, 0.4) is 0 Å². The molecule has 0 saturated carbocycles. The number of hydrazine groups is 1. The van der Waals surface area contributed by atoms with E-state index in [-0.39, 0.29) is 0 Å². The molecule has 0 amide bonds. The minimum absolute atomic E-state index is 0.404. The third-order valence-electron chi connectivity index (χ3n) is 2.58. The van der Waals surface area contributed by atoms with Crippen LogP contribution < -0.4 is 11.3 Å². The summed E-state index contributed by atoms with van der Waals surface area (Å²) in [5.41, 5.74) is 4.44. The number of aromatic nitrogens is 3. The molecule has 2 aromatic heterocycles. The number of imidazole rings is 1. The van der Waals surface area contributed by atoms with Crippen molar-refractivity contribution in [2.75, 3.05) is 5.43 Å². The van der Waals surface area contributed by atoms with Crippen molar-refractivity contribution in [2.45, 2.75) is 26.3 Å². The van der Waals surface area contributed by atoms with Gasteiger partial charge < -0.3 is 9.99 Å². The van der Waals surface area contributed by atoms with Gasteiger partial charge in [-0.1, -0.05) is 13.8 Å². The molecule has 2 rings (SSSR count). The van der Waals surface area contributed by atoms with Crippen LogP contribution in [0, 0.1) is 0 Å². The number of hydrogen-bond donors (Lipinski definition) is 2. The molecule has 0 spiro atoms. The molecular weight excluding hydrogens is 214 g/mol. The molecule has 5 heteroatoms. The molecule has 0 bridgehead atoms. The first-order chi connectivity index (χ1) is 8.20. The van der Waals surface area contributed by atoms with Crippen molar-refractivity contribution in [3.63, 3.8) is 0 Å². The standard InChI is InChI=1S/C12H17N5/c1-9(2)12-15-5-6-17(12)8-11-7-10(16-13)3-4-14-11/h3-7,9H,8,13H2,1-2H3,(H,14,16). The summed E-state index contributed by atoms with van der Waals surface area (Å²) in [6.45, 7) is 4.97. The highest BCUT2D eigenvalue weighted by molar-refractivity contribution is 5.41. The first kappa shape index (κ1) is 11.6. The van der Waals surface area contributed by atoms with Gasteiger partial charge in [0.2, 0.25) is 0 Å². The molecule has 0 atom stereocenters. The summed E-state index contributed by atoms with van der Waals surface area (Å²) in [5.74, 6) is 6.84. The summed E-state index contributed by atoms with van der Waals surface area (Å²) >= 11 is 0. The zero-order valence-corrected chi connectivity index (χ0v) is 10.1. The molecule has 0 radical (unpaired) electrons. The van der Waals surface area contributed by atoms with Gasteiger partial charge in [0.25, 0.3) is 0 Å². The Hall–Kier alpha value is -1.88. The van der Waals surface area contributed by atoms with Crippen LogP contribution in [0.25, 0.3) is 0 Å². The first-order valence-corrected chi connectivity index (χ1v) is 5.63. The van der Waals surface area contributed by atoms with E-state index in [4.69, 9.17) is 5.84 Å². The molecule has 0 saturated heterocycles. The van der Waals surface area contributed by atoms with Crippen LogP contribution in [0.15, 0.2) is 30.7 Å². The topological polar surface area (TPSA) is 68.8 Å². The van der Waals surface area contributed by atoms with Gasteiger partial charge in [-0.25, -0.2) is 4.98 Å². The third-order valence-corrected chi connectivity index (χ3v) is 2.58. The van der Waals surface area contributed by atoms with Crippen LogP contribution in [-0.4, -0.2) is 14.5 Å². The van der Waals surface area contributed by atoms with E-state index in [9.17, 15) is 0 Å². The fourth-order valence-corrected chi connectivity index (χ4v) is 1.78. The van der Waals surface area contributed by atoms with Gasteiger partial charge in [-0.15, -0.1) is 0 Å². The lowest BCUT2D eigenvalue weighted by Crippen LogP contribution is -2.10. The molecule has 0 aromatic carbocycles. The molecule has 0 fully saturated rings. The summed E-state index contributed by atoms with van der Waals surface area (Å²) in [6.07, 6.45) is 5.54. The van der Waals surface area contributed by atoms with E-state index in [1.165, 1.54) is 0 Å². The summed E-state index contributed by atoms with van der Waals surface area (Å²) in [6, 6.07) is 3.77. The Morgan fingerprint density at radius 3 is 2.88 bits per heavy atom. The van der Waals surface area contributed by atoms with Gasteiger partial charge in [0, 0.05) is 24.5 Å². The van der Waals surface area contributed by atoms with Crippen LogP contribution in [0.5, 0.6) is 0 Å². The highest BCUT2D eigenvalue weighted by Gasteiger charge is 2.07. The molecule has 17 heavy (non-hydrogen) atoms. The molecule has 0 aliphatic heterocycles. The van der Waals surface area contributed by atoms with Crippen LogP contribution >= 0.6 is 0 Å². The maximum Gasteiger partial charge on any atom is 0.111 e. The zero-order chi connectivity index (χ0) is 12.3. The van der Waals surface area contributed by atoms with Gasteiger partial charge in [-0.05, 0) is 12.1 Å². The second-order valence-electron chi connectivity index (χ2n) is 4.25. The summed E-state index contributed by atoms with van der Waals surface area (Å²) in [7, 11) is 0. The van der Waals surface area contributed by atoms with Crippen molar-refractivity contribution in [1.29, 1.82) is 0 Å². The highest BCUT2D eigenvalue weighted by atomic mass is 15.2. The minimum atomic E-state index is 0.404. The van der Waals surface area contributed by atoms with Crippen molar-refractivity contribution in [3.8, 4) is 0 Å². The summed E-state index contributed by atoms with van der Waals surface area (Å²) < 4.78 is 2.10. The Morgan fingerprint density at radius 1 is 1.35 bits per heavy atom. The van der Waals surface area contributed by atoms with Crippen LogP contribution in [-0.2, 0) is 6.54 Å². The van der Waals surface area contributed by atoms with Gasteiger partial charge in [-0.2, -0.15) is 0 Å². The van der Waals surface area contributed by atoms with Crippen molar-refractivity contribution in [1.82, 2.24) is 14.5 Å². The smallest absolute Gasteiger partial charge is 0.111 e. The quantitative estimate of drug-likeness (QED) is 0.621. The molecule has 0 aliphatic rings. The van der Waals surface area contributed by atoms with Gasteiger partial charge in [0.05, 0.1) is 17.9 Å². The second kappa shape index (κ2) is 4.97. The Bertz CT molecular complexity index is 489. The van der Waals surface area contributed by atoms with E-state index < -0.39 is 0 Å². The SMILES string of the molecule is CC(C)c1nccn1Cc1cc(NN)ccn1. The van der Waals surface area contributed by atoms with E-state index in [2.05, 4.69) is 33.8 Å². The van der Waals surface area contributed by atoms with E-state index in [0.29, 0.717) is 12.5 Å². The van der Waals surface area contributed by atoms with Gasteiger partial charge in [-0.3, -0.25) is 10.8 Å². The lowest BCUT2D eigenvalue weighted by Gasteiger charge is -2.10. The molecule has 2 heterocycles. The lowest BCUT2D eigenvalue weighted by molar-refractivity contribution is 0.661. The number of hydrogen-bond acceptors (Lipinski definition) is 4. The molecular formula is C12H17N5. The van der Waals surface area contributed by atoms with E-state index in [1.54, 1.807) is 6.20 Å². The summed E-state index contributed by atoms with van der Waals surface area (Å²) in [5, 5.41) is 0. The first-order valence-electron chi connectivity index (χ1n) is 5.63. The number of nitrogens with two attached hydrogens (primary N) is 1. The molecule has 0 aliphatic carbocycles. The Morgan fingerprint density at radius 2 is 2.18 bits per heavy atom. The van der Waals surface area contributed by atoms with E-state index >= 15 is 0 Å². The van der Waals surface area contributed by atoms with Crippen molar-refractivity contribution >= 4 is 5.69 Å². The lowest BCUT2D eigenvalue weighted by atomic mass is 10.2. The van der Waals surface area contributed by atoms with Crippen molar-refractivity contribution in [3.05, 3.63) is 42.2 Å². The molecule has 2 aromatic rings. The average Bonchev–Trinajstić information content (AvgIpc) is 2.77. The molecule has 0 unspecified atom stereocenters. The average molecular weight is 231 g/mol. The number of anilines is 1.